The lowest BCUT2D eigenvalue weighted by Gasteiger charge is -2.41. The Balaban J connectivity index is 0.00000288. The quantitative estimate of drug-likeness (QED) is 0.883. The Morgan fingerprint density at radius 2 is 1.79 bits per heavy atom. The Kier molecular flexibility index (Phi) is 7.71. The van der Waals surface area contributed by atoms with Gasteiger partial charge in [-0.25, -0.2) is 0 Å². The predicted molar refractivity (Wildman–Crippen MR) is 100 cm³/mol. The van der Waals surface area contributed by atoms with E-state index in [0.717, 1.165) is 24.9 Å². The summed E-state index contributed by atoms with van der Waals surface area (Å²) in [5, 5.41) is 0. The van der Waals surface area contributed by atoms with Gasteiger partial charge in [-0.2, -0.15) is 0 Å². The first-order valence-electron chi connectivity index (χ1n) is 8.47. The molecule has 0 saturated carbocycles. The van der Waals surface area contributed by atoms with E-state index in [0.29, 0.717) is 26.3 Å². The van der Waals surface area contributed by atoms with Crippen molar-refractivity contribution in [1.82, 2.24) is 4.90 Å². The lowest BCUT2D eigenvalue weighted by molar-refractivity contribution is -0.149. The van der Waals surface area contributed by atoms with Crippen molar-refractivity contribution in [2.45, 2.75) is 40.2 Å². The molecule has 4 nitrogen and oxygen atoms in total. The summed E-state index contributed by atoms with van der Waals surface area (Å²) < 4.78 is 5.45. The third kappa shape index (κ3) is 5.47. The molecule has 2 rings (SSSR count). The molecule has 24 heavy (non-hydrogen) atoms. The van der Waals surface area contributed by atoms with E-state index in [1.54, 1.807) is 0 Å². The molecule has 1 aromatic rings. The third-order valence-electron chi connectivity index (χ3n) is 4.46. The fraction of sp³-hybridized carbons (Fsp3) is 0.632. The SMILES string of the molecule is CC(C)(C)CN(Cc1ccccc1)C(=O)C1(CN)CCOCC1.Cl. The molecule has 5 heteroatoms. The maximum atomic E-state index is 13.3. The Bertz CT molecular complexity index is 508. The maximum absolute atomic E-state index is 13.3. The third-order valence-corrected chi connectivity index (χ3v) is 4.46. The molecule has 2 N–H and O–H groups in total. The number of halogens is 1. The minimum absolute atomic E-state index is 0. The Morgan fingerprint density at radius 1 is 1.21 bits per heavy atom. The lowest BCUT2D eigenvalue weighted by Crippen LogP contribution is -2.52. The van der Waals surface area contributed by atoms with Crippen LogP contribution >= 0.6 is 12.4 Å². The van der Waals surface area contributed by atoms with Crippen LogP contribution in [0.1, 0.15) is 39.2 Å². The number of carbonyl (C=O) groups excluding carboxylic acids is 1. The summed E-state index contributed by atoms with van der Waals surface area (Å²) in [6, 6.07) is 10.2. The number of hydrogen-bond donors (Lipinski definition) is 1. The van der Waals surface area contributed by atoms with Gasteiger partial charge in [0.15, 0.2) is 0 Å². The highest BCUT2D eigenvalue weighted by Gasteiger charge is 2.42. The molecule has 1 aromatic carbocycles. The second-order valence-electron chi connectivity index (χ2n) is 7.80. The topological polar surface area (TPSA) is 55.6 Å². The molecule has 1 saturated heterocycles. The van der Waals surface area contributed by atoms with Gasteiger partial charge in [-0.05, 0) is 23.8 Å². The first-order valence-corrected chi connectivity index (χ1v) is 8.47. The average molecular weight is 355 g/mol. The van der Waals surface area contributed by atoms with E-state index in [4.69, 9.17) is 10.5 Å². The van der Waals surface area contributed by atoms with Gasteiger partial charge in [-0.3, -0.25) is 4.79 Å². The molecule has 0 radical (unpaired) electrons. The maximum Gasteiger partial charge on any atom is 0.230 e. The normalized spacial score (nSPS) is 17.0. The van der Waals surface area contributed by atoms with Crippen molar-refractivity contribution < 1.29 is 9.53 Å². The van der Waals surface area contributed by atoms with Crippen LogP contribution in [-0.2, 0) is 16.1 Å². The second kappa shape index (κ2) is 8.84. The molecule has 1 heterocycles. The van der Waals surface area contributed by atoms with Crippen LogP contribution in [0.2, 0.25) is 0 Å². The van der Waals surface area contributed by atoms with E-state index < -0.39 is 5.41 Å². The number of nitrogens with two attached hydrogens (primary N) is 1. The largest absolute Gasteiger partial charge is 0.381 e. The molecule has 1 aliphatic heterocycles. The predicted octanol–water partition coefficient (Wildman–Crippen LogP) is 3.24. The van der Waals surface area contributed by atoms with Gasteiger partial charge in [0.1, 0.15) is 0 Å². The fourth-order valence-electron chi connectivity index (χ4n) is 3.18. The number of nitrogens with zero attached hydrogens (tertiary/aromatic N) is 1. The van der Waals surface area contributed by atoms with Crippen LogP contribution in [-0.4, -0.2) is 37.1 Å². The van der Waals surface area contributed by atoms with E-state index in [9.17, 15) is 4.79 Å². The van der Waals surface area contributed by atoms with Gasteiger partial charge in [-0.1, -0.05) is 51.1 Å². The summed E-state index contributed by atoms with van der Waals surface area (Å²) in [6.45, 7) is 9.49. The smallest absolute Gasteiger partial charge is 0.230 e. The van der Waals surface area contributed by atoms with E-state index in [1.165, 1.54) is 0 Å². The second-order valence-corrected chi connectivity index (χ2v) is 7.80. The van der Waals surface area contributed by atoms with Crippen molar-refractivity contribution >= 4 is 18.3 Å². The summed E-state index contributed by atoms with van der Waals surface area (Å²) in [7, 11) is 0. The van der Waals surface area contributed by atoms with Crippen molar-refractivity contribution in [2.75, 3.05) is 26.3 Å². The summed E-state index contributed by atoms with van der Waals surface area (Å²) in [5.74, 6) is 0.182. The molecule has 0 aliphatic carbocycles. The highest BCUT2D eigenvalue weighted by Crippen LogP contribution is 2.33. The van der Waals surface area contributed by atoms with Crippen LogP contribution < -0.4 is 5.73 Å². The van der Waals surface area contributed by atoms with Crippen LogP contribution in [0.15, 0.2) is 30.3 Å². The monoisotopic (exact) mass is 354 g/mol. The lowest BCUT2D eigenvalue weighted by atomic mass is 9.78. The van der Waals surface area contributed by atoms with Crippen LogP contribution in [0.25, 0.3) is 0 Å². The van der Waals surface area contributed by atoms with E-state index >= 15 is 0 Å². The summed E-state index contributed by atoms with van der Waals surface area (Å²) >= 11 is 0. The summed E-state index contributed by atoms with van der Waals surface area (Å²) in [4.78, 5) is 15.3. The van der Waals surface area contributed by atoms with Crippen molar-refractivity contribution in [3.8, 4) is 0 Å². The average Bonchev–Trinajstić information content (AvgIpc) is 2.54. The summed E-state index contributed by atoms with van der Waals surface area (Å²) in [6.07, 6.45) is 1.44. The zero-order valence-electron chi connectivity index (χ0n) is 15.1. The van der Waals surface area contributed by atoms with Gasteiger partial charge >= 0.3 is 0 Å². The van der Waals surface area contributed by atoms with Crippen molar-refractivity contribution in [2.24, 2.45) is 16.6 Å². The van der Waals surface area contributed by atoms with Crippen LogP contribution in [0.3, 0.4) is 0 Å². The molecule has 0 atom stereocenters. The number of ether oxygens (including phenoxy) is 1. The van der Waals surface area contributed by atoms with E-state index in [1.807, 2.05) is 23.1 Å². The highest BCUT2D eigenvalue weighted by molar-refractivity contribution is 5.85. The fourth-order valence-corrected chi connectivity index (χ4v) is 3.18. The van der Waals surface area contributed by atoms with Gasteiger partial charge in [0.05, 0.1) is 5.41 Å². The van der Waals surface area contributed by atoms with Crippen LogP contribution in [0.5, 0.6) is 0 Å². The Hall–Kier alpha value is -1.10. The molecule has 1 aliphatic rings. The van der Waals surface area contributed by atoms with Crippen molar-refractivity contribution in [3.05, 3.63) is 35.9 Å². The molecule has 0 spiro atoms. The number of carbonyl (C=O) groups is 1. The first kappa shape index (κ1) is 20.9. The Morgan fingerprint density at radius 3 is 2.29 bits per heavy atom. The number of rotatable bonds is 5. The number of benzene rings is 1. The number of amides is 1. The van der Waals surface area contributed by atoms with Crippen molar-refractivity contribution in [1.29, 1.82) is 0 Å². The first-order chi connectivity index (χ1) is 10.9. The molecular weight excluding hydrogens is 324 g/mol. The minimum Gasteiger partial charge on any atom is -0.381 e. The number of hydrogen-bond acceptors (Lipinski definition) is 3. The highest BCUT2D eigenvalue weighted by atomic mass is 35.5. The van der Waals surface area contributed by atoms with Crippen LogP contribution in [0.4, 0.5) is 0 Å². The molecule has 1 fully saturated rings. The molecule has 1 amide bonds. The van der Waals surface area contributed by atoms with Crippen LogP contribution in [0, 0.1) is 10.8 Å². The molecule has 0 bridgehead atoms. The van der Waals surface area contributed by atoms with E-state index in [-0.39, 0.29) is 23.7 Å². The summed E-state index contributed by atoms with van der Waals surface area (Å²) in [5.41, 5.74) is 6.77. The zero-order valence-corrected chi connectivity index (χ0v) is 15.9. The Labute approximate surface area is 152 Å². The molecular formula is C19H31ClN2O2. The zero-order chi connectivity index (χ0) is 16.9. The standard InChI is InChI=1S/C19H30N2O2.ClH/c1-18(2,3)15-21(13-16-7-5-4-6-8-16)17(22)19(14-20)9-11-23-12-10-19;/h4-8H,9-15,20H2,1-3H3;1H. The molecule has 136 valence electrons. The minimum atomic E-state index is -0.460. The van der Waals surface area contributed by atoms with Crippen molar-refractivity contribution in [3.63, 3.8) is 0 Å². The van der Waals surface area contributed by atoms with Gasteiger partial charge in [0.25, 0.3) is 0 Å². The van der Waals surface area contributed by atoms with Gasteiger partial charge < -0.3 is 15.4 Å². The van der Waals surface area contributed by atoms with Gasteiger partial charge in [-0.15, -0.1) is 12.4 Å². The van der Waals surface area contributed by atoms with Gasteiger partial charge in [0.2, 0.25) is 5.91 Å². The van der Waals surface area contributed by atoms with Gasteiger partial charge in [0, 0.05) is 32.8 Å². The van der Waals surface area contributed by atoms with E-state index in [2.05, 4.69) is 32.9 Å². The molecule has 0 unspecified atom stereocenters. The molecule has 0 aromatic heterocycles.